The number of nitrogens with two attached hydrogens (primary N) is 2. The molecular formula is C21H20ClN7O2S. The third kappa shape index (κ3) is 4.21. The van der Waals surface area contributed by atoms with Crippen LogP contribution in [0.1, 0.15) is 29.0 Å². The number of hydrogen-bond donors (Lipinski definition) is 4. The number of pyridine rings is 1. The number of nitrogens with zero attached hydrogens (tertiary/aromatic N) is 3. The van der Waals surface area contributed by atoms with Crippen LogP contribution in [0, 0.1) is 16.7 Å². The summed E-state index contributed by atoms with van der Waals surface area (Å²) < 4.78 is 0.102. The van der Waals surface area contributed by atoms with E-state index in [9.17, 15) is 14.9 Å². The minimum absolute atomic E-state index is 0.00453. The maximum absolute atomic E-state index is 12.3. The molecule has 3 aromatic rings. The molecule has 3 heterocycles. The lowest BCUT2D eigenvalue weighted by atomic mass is 9.86. The third-order valence-electron chi connectivity index (χ3n) is 4.79. The van der Waals surface area contributed by atoms with Gasteiger partial charge >= 0.3 is 0 Å². The molecule has 0 fully saturated rings. The molecule has 2 amide bonds. The molecule has 1 aliphatic heterocycles. The minimum Gasteiger partial charge on any atom is -0.397 e. The van der Waals surface area contributed by atoms with Crippen molar-refractivity contribution in [3.8, 4) is 6.07 Å². The Morgan fingerprint density at radius 1 is 1.38 bits per heavy atom. The lowest BCUT2D eigenvalue weighted by Crippen LogP contribution is -2.25. The minimum atomic E-state index is -0.360. The van der Waals surface area contributed by atoms with Gasteiger partial charge in [0.05, 0.1) is 16.6 Å². The van der Waals surface area contributed by atoms with Gasteiger partial charge in [0.1, 0.15) is 27.1 Å². The van der Waals surface area contributed by atoms with Crippen molar-refractivity contribution in [3.63, 3.8) is 0 Å². The highest BCUT2D eigenvalue weighted by atomic mass is 35.5. The summed E-state index contributed by atoms with van der Waals surface area (Å²) in [7, 11) is 3.38. The Balaban J connectivity index is 0.000000523. The van der Waals surface area contributed by atoms with Crippen LogP contribution in [0.15, 0.2) is 24.3 Å². The fourth-order valence-electron chi connectivity index (χ4n) is 3.39. The molecular weight excluding hydrogens is 450 g/mol. The number of anilines is 3. The van der Waals surface area contributed by atoms with Crippen molar-refractivity contribution in [2.24, 2.45) is 0 Å². The van der Waals surface area contributed by atoms with Crippen LogP contribution in [0.3, 0.4) is 0 Å². The molecule has 1 aromatic carbocycles. The average Bonchev–Trinajstić information content (AvgIpc) is 2.73. The molecule has 6 N–H and O–H groups in total. The Bertz CT molecular complexity index is 1330. The predicted octanol–water partition coefficient (Wildman–Crippen LogP) is 2.64. The second-order valence-corrected chi connectivity index (χ2v) is 8.62. The SMILES string of the molecule is CN(C)C=O.N#Cc1c(N)nc2c3c(sc(=N)c2c1N)NC(=O)CC3c1ccccc1Cl. The van der Waals surface area contributed by atoms with Crippen molar-refractivity contribution in [1.29, 1.82) is 10.7 Å². The fourth-order valence-corrected chi connectivity index (χ4v) is 4.68. The van der Waals surface area contributed by atoms with Crippen LogP contribution in [0.5, 0.6) is 0 Å². The van der Waals surface area contributed by atoms with E-state index in [2.05, 4.69) is 10.3 Å². The van der Waals surface area contributed by atoms with Crippen LogP contribution >= 0.6 is 22.9 Å². The van der Waals surface area contributed by atoms with Crippen LogP contribution < -0.4 is 21.5 Å². The Hall–Kier alpha value is -3.68. The monoisotopic (exact) mass is 469 g/mol. The van der Waals surface area contributed by atoms with Gasteiger partial charge in [-0.2, -0.15) is 5.26 Å². The number of nitriles is 1. The first-order chi connectivity index (χ1) is 15.2. The van der Waals surface area contributed by atoms with E-state index in [1.807, 2.05) is 24.3 Å². The first-order valence-corrected chi connectivity index (χ1v) is 10.5. The molecule has 2 aromatic heterocycles. The number of halogens is 1. The van der Waals surface area contributed by atoms with Gasteiger partial charge in [-0.1, -0.05) is 41.1 Å². The number of carbonyl (C=O) groups is 2. The van der Waals surface area contributed by atoms with Crippen molar-refractivity contribution in [3.05, 3.63) is 50.6 Å². The van der Waals surface area contributed by atoms with E-state index in [-0.39, 0.29) is 40.0 Å². The van der Waals surface area contributed by atoms with Crippen LogP contribution in [0.25, 0.3) is 10.9 Å². The predicted molar refractivity (Wildman–Crippen MR) is 125 cm³/mol. The summed E-state index contributed by atoms with van der Waals surface area (Å²) in [5.74, 6) is -0.534. The number of hydrogen-bond acceptors (Lipinski definition) is 8. The van der Waals surface area contributed by atoms with Gasteiger partial charge < -0.3 is 21.7 Å². The summed E-state index contributed by atoms with van der Waals surface area (Å²) in [6.07, 6.45) is 0.928. The molecule has 0 spiro atoms. The van der Waals surface area contributed by atoms with Crippen molar-refractivity contribution in [1.82, 2.24) is 9.88 Å². The lowest BCUT2D eigenvalue weighted by molar-refractivity contribution is -0.117. The number of benzene rings is 1. The maximum atomic E-state index is 12.3. The Morgan fingerprint density at radius 3 is 2.62 bits per heavy atom. The van der Waals surface area contributed by atoms with Crippen LogP contribution in [-0.4, -0.2) is 36.3 Å². The Kier molecular flexibility index (Phi) is 6.62. The van der Waals surface area contributed by atoms with Crippen LogP contribution in [0.2, 0.25) is 5.02 Å². The van der Waals surface area contributed by atoms with E-state index >= 15 is 0 Å². The summed E-state index contributed by atoms with van der Waals surface area (Å²) in [5, 5.41) is 21.9. The van der Waals surface area contributed by atoms with E-state index in [1.165, 1.54) is 4.90 Å². The summed E-state index contributed by atoms with van der Waals surface area (Å²) in [6, 6.07) is 9.22. The van der Waals surface area contributed by atoms with Crippen molar-refractivity contribution in [2.45, 2.75) is 12.3 Å². The normalized spacial score (nSPS) is 14.4. The van der Waals surface area contributed by atoms with Crippen molar-refractivity contribution < 1.29 is 9.59 Å². The highest BCUT2D eigenvalue weighted by Crippen LogP contribution is 2.44. The second kappa shape index (κ2) is 9.21. The molecule has 0 saturated carbocycles. The number of nitrogen functional groups attached to an aromatic ring is 2. The largest absolute Gasteiger partial charge is 0.397 e. The molecule has 0 saturated heterocycles. The molecule has 1 aliphatic rings. The highest BCUT2D eigenvalue weighted by molar-refractivity contribution is 7.14. The summed E-state index contributed by atoms with van der Waals surface area (Å²) in [4.78, 5) is 27.5. The molecule has 164 valence electrons. The number of aromatic nitrogens is 1. The quantitative estimate of drug-likeness (QED) is 0.421. The molecule has 0 radical (unpaired) electrons. The fraction of sp³-hybridized carbons (Fsp3) is 0.190. The second-order valence-electron chi connectivity index (χ2n) is 7.19. The highest BCUT2D eigenvalue weighted by Gasteiger charge is 2.32. The molecule has 9 nitrogen and oxygen atoms in total. The molecule has 11 heteroatoms. The maximum Gasteiger partial charge on any atom is 0.225 e. The zero-order valence-electron chi connectivity index (χ0n) is 17.3. The summed E-state index contributed by atoms with van der Waals surface area (Å²) in [5.41, 5.74) is 14.2. The lowest BCUT2D eigenvalue weighted by Gasteiger charge is -2.27. The Morgan fingerprint density at radius 2 is 2.03 bits per heavy atom. The molecule has 32 heavy (non-hydrogen) atoms. The first kappa shape index (κ1) is 23.0. The number of amides is 2. The number of rotatable bonds is 2. The van der Waals surface area contributed by atoms with Gasteiger partial charge in [0.2, 0.25) is 12.3 Å². The average molecular weight is 470 g/mol. The van der Waals surface area contributed by atoms with E-state index in [0.717, 1.165) is 23.3 Å². The summed E-state index contributed by atoms with van der Waals surface area (Å²) >= 11 is 7.46. The number of nitrogens with one attached hydrogen (secondary N) is 2. The van der Waals surface area contributed by atoms with E-state index in [0.29, 0.717) is 26.5 Å². The third-order valence-corrected chi connectivity index (χ3v) is 6.07. The van der Waals surface area contributed by atoms with Gasteiger partial charge in [0, 0.05) is 37.0 Å². The van der Waals surface area contributed by atoms with Gasteiger partial charge in [-0.25, -0.2) is 4.98 Å². The molecule has 4 rings (SSSR count). The van der Waals surface area contributed by atoms with Crippen LogP contribution in [-0.2, 0) is 9.59 Å². The smallest absolute Gasteiger partial charge is 0.225 e. The van der Waals surface area contributed by atoms with Crippen molar-refractivity contribution in [2.75, 3.05) is 30.9 Å². The van der Waals surface area contributed by atoms with E-state index in [1.54, 1.807) is 20.2 Å². The first-order valence-electron chi connectivity index (χ1n) is 9.35. The standard InChI is InChI=1S/C18H13ClN6OS.C3H7NO/c19-10-4-2-1-3-7(10)8-5-11(26)24-18-12(8)15-13(17(23)27-18)14(21)9(6-20)16(22)25-15;1-4(2)3-5/h1-4,8,23H,5H2,(H,24,26)(H4,21,22,25);3H,1-2H3. The van der Waals surface area contributed by atoms with Crippen LogP contribution in [0.4, 0.5) is 16.5 Å². The summed E-state index contributed by atoms with van der Waals surface area (Å²) in [6.45, 7) is 0. The van der Waals surface area contributed by atoms with Gasteiger partial charge in [-0.05, 0) is 11.6 Å². The molecule has 0 bridgehead atoms. The molecule has 1 unspecified atom stereocenters. The molecule has 0 aliphatic carbocycles. The zero-order valence-corrected chi connectivity index (χ0v) is 18.8. The van der Waals surface area contributed by atoms with Gasteiger partial charge in [0.25, 0.3) is 0 Å². The number of fused-ring (bicyclic) bond motifs is 3. The molecule has 1 atom stereocenters. The van der Waals surface area contributed by atoms with Gasteiger partial charge in [-0.15, -0.1) is 0 Å². The van der Waals surface area contributed by atoms with Gasteiger partial charge in [-0.3, -0.25) is 15.0 Å². The topological polar surface area (TPSA) is 162 Å². The zero-order chi connectivity index (χ0) is 23.6. The van der Waals surface area contributed by atoms with Gasteiger partial charge in [0.15, 0.2) is 0 Å². The van der Waals surface area contributed by atoms with E-state index < -0.39 is 0 Å². The number of carbonyl (C=O) groups excluding carboxylic acids is 2. The Labute approximate surface area is 192 Å². The van der Waals surface area contributed by atoms with E-state index in [4.69, 9.17) is 28.5 Å². The van der Waals surface area contributed by atoms with Crippen molar-refractivity contribution >= 4 is 62.7 Å².